The third kappa shape index (κ3) is 3.21. The van der Waals surface area contributed by atoms with Crippen LogP contribution in [0.15, 0.2) is 103 Å². The van der Waals surface area contributed by atoms with Gasteiger partial charge in [0.05, 0.1) is 17.5 Å². The number of halogens is 2. The van der Waals surface area contributed by atoms with Crippen molar-refractivity contribution in [1.82, 2.24) is 0 Å². The zero-order chi connectivity index (χ0) is 27.6. The molecule has 1 spiro atoms. The molecule has 3 heterocycles. The molecule has 5 nitrogen and oxygen atoms in total. The van der Waals surface area contributed by atoms with Crippen molar-refractivity contribution < 1.29 is 23.2 Å². The van der Waals surface area contributed by atoms with Crippen LogP contribution in [0.1, 0.15) is 31.8 Å². The van der Waals surface area contributed by atoms with Crippen molar-refractivity contribution in [2.45, 2.75) is 17.5 Å². The van der Waals surface area contributed by atoms with Gasteiger partial charge in [-0.15, -0.1) is 0 Å². The minimum absolute atomic E-state index is 0.159. The molecule has 1 N–H and O–H groups in total. The van der Waals surface area contributed by atoms with Crippen molar-refractivity contribution in [1.29, 1.82) is 0 Å². The molecule has 1 saturated heterocycles. The molecule has 0 radical (unpaired) electrons. The average Bonchev–Trinajstić information content (AvgIpc) is 3.45. The largest absolute Gasteiger partial charge is 0.352 e. The number of Topliss-reactive ketones (excluding diaryl/α,β-unsaturated/α-hetero) is 2. The summed E-state index contributed by atoms with van der Waals surface area (Å²) in [6.07, 6.45) is 3.74. The van der Waals surface area contributed by atoms with Gasteiger partial charge in [-0.1, -0.05) is 60.7 Å². The van der Waals surface area contributed by atoms with E-state index in [2.05, 4.69) is 5.32 Å². The van der Waals surface area contributed by atoms with E-state index in [0.717, 1.165) is 5.56 Å². The summed E-state index contributed by atoms with van der Waals surface area (Å²) in [5, 5.41) is 2.95. The fourth-order valence-electron chi connectivity index (χ4n) is 6.73. The molecule has 4 aromatic carbocycles. The number of benzene rings is 4. The molecule has 1 amide bonds. The van der Waals surface area contributed by atoms with Gasteiger partial charge in [0.15, 0.2) is 11.6 Å². The first-order chi connectivity index (χ1) is 19.4. The van der Waals surface area contributed by atoms with Crippen LogP contribution in [0.4, 0.5) is 20.2 Å². The fourth-order valence-corrected chi connectivity index (χ4v) is 6.73. The minimum atomic E-state index is -1.52. The molecule has 0 aromatic heterocycles. The molecular formula is C33H22F2N2O3. The molecule has 0 unspecified atom stereocenters. The first-order valence-electron chi connectivity index (χ1n) is 13.0. The Hall–Kier alpha value is -4.91. The maximum Gasteiger partial charge on any atom is 0.238 e. The number of nitrogens with zero attached hydrogens (tertiary/aromatic N) is 1. The normalized spacial score (nSPS) is 23.9. The molecule has 0 saturated carbocycles. The number of rotatable bonds is 4. The molecule has 7 heteroatoms. The number of hydrogen-bond acceptors (Lipinski definition) is 4. The van der Waals surface area contributed by atoms with Crippen LogP contribution in [0.3, 0.4) is 0 Å². The number of amides is 1. The van der Waals surface area contributed by atoms with Crippen LogP contribution in [0.2, 0.25) is 0 Å². The highest BCUT2D eigenvalue weighted by Gasteiger charge is 2.70. The average molecular weight is 533 g/mol. The summed E-state index contributed by atoms with van der Waals surface area (Å²) in [5.41, 5.74) is 1.08. The zero-order valence-corrected chi connectivity index (χ0v) is 21.1. The second-order valence-electron chi connectivity index (χ2n) is 10.3. The van der Waals surface area contributed by atoms with Crippen molar-refractivity contribution in [3.05, 3.63) is 137 Å². The fraction of sp³-hybridized carbons (Fsp3) is 0.121. The highest BCUT2D eigenvalue weighted by Crippen LogP contribution is 2.58. The number of fused-ring (bicyclic) bond motifs is 6. The van der Waals surface area contributed by atoms with Gasteiger partial charge in [0.2, 0.25) is 5.91 Å². The minimum Gasteiger partial charge on any atom is -0.352 e. The molecule has 7 rings (SSSR count). The van der Waals surface area contributed by atoms with Crippen LogP contribution in [-0.4, -0.2) is 29.6 Å². The maximum absolute atomic E-state index is 15.1. The van der Waals surface area contributed by atoms with E-state index in [4.69, 9.17) is 0 Å². The number of anilines is 2. The number of hydrogen-bond donors (Lipinski definition) is 1. The van der Waals surface area contributed by atoms with Crippen molar-refractivity contribution in [2.75, 3.05) is 10.2 Å². The molecule has 4 aromatic rings. The second-order valence-corrected chi connectivity index (χ2v) is 10.3. The number of ketones is 2. The molecule has 0 bridgehead atoms. The smallest absolute Gasteiger partial charge is 0.238 e. The predicted molar refractivity (Wildman–Crippen MR) is 147 cm³/mol. The summed E-state index contributed by atoms with van der Waals surface area (Å²) in [6, 6.07) is 23.3. The Kier molecular flexibility index (Phi) is 5.32. The van der Waals surface area contributed by atoms with E-state index in [1.54, 1.807) is 35.2 Å². The lowest BCUT2D eigenvalue weighted by molar-refractivity contribution is -0.121. The summed E-state index contributed by atoms with van der Waals surface area (Å²) < 4.78 is 29.0. The number of para-hydroxylation sites is 2. The first-order valence-corrected chi connectivity index (χ1v) is 13.0. The molecule has 4 atom stereocenters. The lowest BCUT2D eigenvalue weighted by Crippen LogP contribution is -2.51. The lowest BCUT2D eigenvalue weighted by atomic mass is 9.64. The summed E-state index contributed by atoms with van der Waals surface area (Å²) >= 11 is 0. The topological polar surface area (TPSA) is 66.5 Å². The Labute approximate surface area is 228 Å². The van der Waals surface area contributed by atoms with Gasteiger partial charge in [0.1, 0.15) is 23.1 Å². The predicted octanol–water partition coefficient (Wildman–Crippen LogP) is 5.82. The van der Waals surface area contributed by atoms with Crippen LogP contribution < -0.4 is 10.2 Å². The summed E-state index contributed by atoms with van der Waals surface area (Å²) in [7, 11) is 0. The third-order valence-electron chi connectivity index (χ3n) is 8.36. The molecule has 1 fully saturated rings. The Morgan fingerprint density at radius 2 is 1.50 bits per heavy atom. The first kappa shape index (κ1) is 24.2. The SMILES string of the molecule is O=C(c1ccccc1F)[C@@H]1[C@H](C(=O)c2ccc(F)cc2)[C@]2(C(=O)Nc3ccccc32)[C@@H]2C=Cc3ccccc3N12. The highest BCUT2D eigenvalue weighted by molar-refractivity contribution is 6.18. The van der Waals surface area contributed by atoms with Crippen molar-refractivity contribution in [2.24, 2.45) is 5.92 Å². The quantitative estimate of drug-likeness (QED) is 0.337. The number of carbonyl (C=O) groups is 3. The maximum atomic E-state index is 15.1. The van der Waals surface area contributed by atoms with Gasteiger partial charge in [-0.25, -0.2) is 8.78 Å². The Morgan fingerprint density at radius 1 is 0.800 bits per heavy atom. The Bertz CT molecular complexity index is 1750. The van der Waals surface area contributed by atoms with Gasteiger partial charge in [0, 0.05) is 16.9 Å². The van der Waals surface area contributed by atoms with Gasteiger partial charge < -0.3 is 10.2 Å². The van der Waals surface area contributed by atoms with E-state index >= 15 is 4.39 Å². The molecular weight excluding hydrogens is 510 g/mol. The molecule has 3 aliphatic rings. The van der Waals surface area contributed by atoms with E-state index < -0.39 is 52.5 Å². The lowest BCUT2D eigenvalue weighted by Gasteiger charge is -2.37. The van der Waals surface area contributed by atoms with Crippen LogP contribution in [0, 0.1) is 17.6 Å². The number of carbonyl (C=O) groups excluding carboxylic acids is 3. The molecule has 3 aliphatic heterocycles. The van der Waals surface area contributed by atoms with Crippen LogP contribution >= 0.6 is 0 Å². The summed E-state index contributed by atoms with van der Waals surface area (Å²) in [6.45, 7) is 0. The van der Waals surface area contributed by atoms with Crippen LogP contribution in [0.25, 0.3) is 6.08 Å². The second kappa shape index (κ2) is 8.81. The van der Waals surface area contributed by atoms with Crippen LogP contribution in [0.5, 0.6) is 0 Å². The van der Waals surface area contributed by atoms with E-state index in [0.29, 0.717) is 16.9 Å². The molecule has 196 valence electrons. The van der Waals surface area contributed by atoms with Crippen molar-refractivity contribution >= 4 is 34.9 Å². The Morgan fingerprint density at radius 3 is 2.30 bits per heavy atom. The molecule has 0 aliphatic carbocycles. The van der Waals surface area contributed by atoms with Crippen molar-refractivity contribution in [3.8, 4) is 0 Å². The van der Waals surface area contributed by atoms with Gasteiger partial charge in [0.25, 0.3) is 0 Å². The monoisotopic (exact) mass is 532 g/mol. The Balaban J connectivity index is 1.55. The van der Waals surface area contributed by atoms with E-state index in [1.165, 1.54) is 42.5 Å². The molecule has 40 heavy (non-hydrogen) atoms. The van der Waals surface area contributed by atoms with E-state index in [1.807, 2.05) is 36.4 Å². The summed E-state index contributed by atoms with van der Waals surface area (Å²) in [4.78, 5) is 45.0. The zero-order valence-electron chi connectivity index (χ0n) is 21.1. The van der Waals surface area contributed by atoms with Gasteiger partial charge >= 0.3 is 0 Å². The summed E-state index contributed by atoms with van der Waals surface area (Å²) in [5.74, 6) is -4.01. The number of nitrogens with one attached hydrogen (secondary N) is 1. The van der Waals surface area contributed by atoms with Gasteiger partial charge in [-0.3, -0.25) is 14.4 Å². The van der Waals surface area contributed by atoms with E-state index in [-0.39, 0.29) is 11.1 Å². The standard InChI is InChI=1S/C33H22F2N2O3/c34-21-16-13-20(14-17-21)30(38)28-29(31(39)22-8-2-4-10-24(22)35)37-26-12-6-1-7-19(26)15-18-27(37)33(28)23-9-3-5-11-25(23)36-32(33)40/h1-18,27-29H,(H,36,40)/t27-,28+,29-,33+/m0/s1. The van der Waals surface area contributed by atoms with E-state index in [9.17, 15) is 18.8 Å². The van der Waals surface area contributed by atoms with Gasteiger partial charge in [-0.05, 0) is 59.7 Å². The van der Waals surface area contributed by atoms with Crippen molar-refractivity contribution in [3.63, 3.8) is 0 Å². The third-order valence-corrected chi connectivity index (χ3v) is 8.36. The van der Waals surface area contributed by atoms with Gasteiger partial charge in [-0.2, -0.15) is 0 Å². The highest BCUT2D eigenvalue weighted by atomic mass is 19.1. The van der Waals surface area contributed by atoms with Crippen LogP contribution in [-0.2, 0) is 10.2 Å².